The molecule has 0 bridgehead atoms. The maximum atomic E-state index is 5.16. The molecular weight excluding hydrogens is 292 g/mol. The molecule has 0 N–H and O–H groups in total. The van der Waals surface area contributed by atoms with Crippen LogP contribution in [0.15, 0.2) is 78.9 Å². The lowest BCUT2D eigenvalue weighted by Gasteiger charge is -1.98. The van der Waals surface area contributed by atoms with E-state index in [1.165, 1.54) is 0 Å². The van der Waals surface area contributed by atoms with Crippen molar-refractivity contribution in [2.24, 2.45) is 0 Å². The van der Waals surface area contributed by atoms with E-state index in [1.54, 1.807) is 7.11 Å². The fraction of sp³-hybridized carbons (Fsp3) is 0.0435. The van der Waals surface area contributed by atoms with E-state index in [2.05, 4.69) is 23.7 Å². The molecule has 0 fully saturated rings. The third-order valence-corrected chi connectivity index (χ3v) is 3.47. The first-order valence-electron chi connectivity index (χ1n) is 7.67. The molecular formula is C23H16O. The van der Waals surface area contributed by atoms with E-state index in [1.807, 2.05) is 78.9 Å². The molecule has 114 valence electrons. The molecule has 3 rings (SSSR count). The van der Waals surface area contributed by atoms with Crippen molar-refractivity contribution in [1.82, 2.24) is 0 Å². The first-order chi connectivity index (χ1) is 11.8. The predicted molar refractivity (Wildman–Crippen MR) is 97.8 cm³/mol. The molecule has 3 aromatic carbocycles. The number of hydrogen-bond acceptors (Lipinski definition) is 1. The second-order valence-electron chi connectivity index (χ2n) is 5.14. The molecule has 0 saturated carbocycles. The van der Waals surface area contributed by atoms with Crippen molar-refractivity contribution < 1.29 is 4.74 Å². The van der Waals surface area contributed by atoms with E-state index >= 15 is 0 Å². The topological polar surface area (TPSA) is 9.23 Å². The van der Waals surface area contributed by atoms with Gasteiger partial charge in [0.1, 0.15) is 5.75 Å². The number of hydrogen-bond donors (Lipinski definition) is 0. The van der Waals surface area contributed by atoms with Crippen LogP contribution in [0.3, 0.4) is 0 Å². The van der Waals surface area contributed by atoms with Crippen LogP contribution in [0.5, 0.6) is 5.75 Å². The maximum Gasteiger partial charge on any atom is 0.118 e. The fourth-order valence-electron chi connectivity index (χ4n) is 2.18. The Morgan fingerprint density at radius 3 is 1.58 bits per heavy atom. The van der Waals surface area contributed by atoms with Gasteiger partial charge in [-0.3, -0.25) is 0 Å². The van der Waals surface area contributed by atoms with Gasteiger partial charge < -0.3 is 4.74 Å². The molecule has 24 heavy (non-hydrogen) atoms. The number of benzene rings is 3. The second-order valence-corrected chi connectivity index (χ2v) is 5.14. The standard InChI is InChI=1S/C23H16O/c1-24-23-17-13-20(14-18-23)12-16-22-10-6-5-9-21(22)15-11-19-7-3-2-4-8-19/h2-10,13-14,17-18H,1H3. The Kier molecular flexibility index (Phi) is 4.98. The lowest BCUT2D eigenvalue weighted by Crippen LogP contribution is -1.84. The van der Waals surface area contributed by atoms with Gasteiger partial charge in [0.15, 0.2) is 0 Å². The fourth-order valence-corrected chi connectivity index (χ4v) is 2.18. The van der Waals surface area contributed by atoms with Gasteiger partial charge >= 0.3 is 0 Å². The maximum absolute atomic E-state index is 5.16. The van der Waals surface area contributed by atoms with Gasteiger partial charge in [0.2, 0.25) is 0 Å². The quantitative estimate of drug-likeness (QED) is 0.602. The number of methoxy groups -OCH3 is 1. The van der Waals surface area contributed by atoms with Crippen LogP contribution in [-0.2, 0) is 0 Å². The lowest BCUT2D eigenvalue weighted by molar-refractivity contribution is 0.415. The molecule has 0 aliphatic rings. The van der Waals surface area contributed by atoms with Crippen LogP contribution in [0.2, 0.25) is 0 Å². The summed E-state index contributed by atoms with van der Waals surface area (Å²) < 4.78 is 5.16. The van der Waals surface area contributed by atoms with E-state index in [0.29, 0.717) is 0 Å². The summed E-state index contributed by atoms with van der Waals surface area (Å²) in [6, 6.07) is 25.6. The van der Waals surface area contributed by atoms with Crippen LogP contribution in [-0.4, -0.2) is 7.11 Å². The summed E-state index contributed by atoms with van der Waals surface area (Å²) in [6.45, 7) is 0. The average molecular weight is 308 g/mol. The summed E-state index contributed by atoms with van der Waals surface area (Å²) in [7, 11) is 1.66. The van der Waals surface area contributed by atoms with E-state index in [4.69, 9.17) is 4.74 Å². The zero-order chi connectivity index (χ0) is 16.6. The average Bonchev–Trinajstić information content (AvgIpc) is 2.66. The second kappa shape index (κ2) is 7.73. The Morgan fingerprint density at radius 2 is 1.04 bits per heavy atom. The summed E-state index contributed by atoms with van der Waals surface area (Å²) in [4.78, 5) is 0. The normalized spacial score (nSPS) is 9.21. The highest BCUT2D eigenvalue weighted by Crippen LogP contribution is 2.11. The molecule has 0 aromatic heterocycles. The van der Waals surface area contributed by atoms with Crippen molar-refractivity contribution in [2.45, 2.75) is 0 Å². The van der Waals surface area contributed by atoms with Crippen LogP contribution < -0.4 is 4.74 Å². The van der Waals surface area contributed by atoms with Gasteiger partial charge in [0.25, 0.3) is 0 Å². The third-order valence-electron chi connectivity index (χ3n) is 3.47. The Hall–Kier alpha value is -3.42. The minimum atomic E-state index is 0.828. The lowest BCUT2D eigenvalue weighted by atomic mass is 10.1. The van der Waals surface area contributed by atoms with Gasteiger partial charge in [-0.2, -0.15) is 0 Å². The highest BCUT2D eigenvalue weighted by Gasteiger charge is 1.95. The van der Waals surface area contributed by atoms with Gasteiger partial charge in [-0.05, 0) is 48.5 Å². The zero-order valence-electron chi connectivity index (χ0n) is 13.4. The van der Waals surface area contributed by atoms with Gasteiger partial charge in [-0.1, -0.05) is 54.0 Å². The molecule has 3 aromatic rings. The van der Waals surface area contributed by atoms with Crippen LogP contribution in [0.25, 0.3) is 0 Å². The van der Waals surface area contributed by atoms with Gasteiger partial charge in [-0.25, -0.2) is 0 Å². The molecule has 0 aliphatic carbocycles. The van der Waals surface area contributed by atoms with Gasteiger partial charge in [0, 0.05) is 22.3 Å². The minimum absolute atomic E-state index is 0.828. The molecule has 1 nitrogen and oxygen atoms in total. The summed E-state index contributed by atoms with van der Waals surface area (Å²) in [5.74, 6) is 13.6. The van der Waals surface area contributed by atoms with Crippen molar-refractivity contribution in [3.05, 3.63) is 101 Å². The largest absolute Gasteiger partial charge is 0.497 e. The number of ether oxygens (including phenoxy) is 1. The van der Waals surface area contributed by atoms with Crippen molar-refractivity contribution in [1.29, 1.82) is 0 Å². The van der Waals surface area contributed by atoms with Crippen LogP contribution in [0.1, 0.15) is 22.3 Å². The Morgan fingerprint density at radius 1 is 0.542 bits per heavy atom. The van der Waals surface area contributed by atoms with Crippen molar-refractivity contribution in [2.75, 3.05) is 7.11 Å². The van der Waals surface area contributed by atoms with Crippen molar-refractivity contribution in [3.63, 3.8) is 0 Å². The summed E-state index contributed by atoms with van der Waals surface area (Å²) in [6.07, 6.45) is 0. The molecule has 0 aliphatic heterocycles. The molecule has 1 heteroatoms. The Labute approximate surface area is 142 Å². The minimum Gasteiger partial charge on any atom is -0.497 e. The SMILES string of the molecule is COc1ccc(C#Cc2ccccc2C#Cc2ccccc2)cc1. The zero-order valence-corrected chi connectivity index (χ0v) is 13.4. The van der Waals surface area contributed by atoms with Gasteiger partial charge in [0.05, 0.1) is 7.11 Å². The molecule has 0 heterocycles. The van der Waals surface area contributed by atoms with Crippen molar-refractivity contribution in [3.8, 4) is 29.4 Å². The van der Waals surface area contributed by atoms with Crippen LogP contribution in [0.4, 0.5) is 0 Å². The first-order valence-corrected chi connectivity index (χ1v) is 7.67. The van der Waals surface area contributed by atoms with Crippen LogP contribution >= 0.6 is 0 Å². The Bertz CT molecular complexity index is 930. The monoisotopic (exact) mass is 308 g/mol. The highest BCUT2D eigenvalue weighted by molar-refractivity contribution is 5.54. The summed E-state index contributed by atoms with van der Waals surface area (Å²) in [5, 5.41) is 0. The smallest absolute Gasteiger partial charge is 0.118 e. The number of rotatable bonds is 1. The molecule has 0 atom stereocenters. The highest BCUT2D eigenvalue weighted by atomic mass is 16.5. The molecule has 0 unspecified atom stereocenters. The molecule has 0 saturated heterocycles. The third kappa shape index (κ3) is 4.07. The summed E-state index contributed by atoms with van der Waals surface area (Å²) >= 11 is 0. The van der Waals surface area contributed by atoms with E-state index in [-0.39, 0.29) is 0 Å². The Balaban J connectivity index is 1.87. The van der Waals surface area contributed by atoms with Gasteiger partial charge in [-0.15, -0.1) is 0 Å². The van der Waals surface area contributed by atoms with E-state index in [9.17, 15) is 0 Å². The van der Waals surface area contributed by atoms with Crippen molar-refractivity contribution >= 4 is 0 Å². The molecule has 0 spiro atoms. The molecule has 0 radical (unpaired) electrons. The van der Waals surface area contributed by atoms with Crippen LogP contribution in [0, 0.1) is 23.7 Å². The van der Waals surface area contributed by atoms with E-state index in [0.717, 1.165) is 28.0 Å². The van der Waals surface area contributed by atoms with E-state index < -0.39 is 0 Å². The molecule has 0 amide bonds. The summed E-state index contributed by atoms with van der Waals surface area (Å²) in [5.41, 5.74) is 3.80. The predicted octanol–water partition coefficient (Wildman–Crippen LogP) is 4.49. The first kappa shape index (κ1) is 15.5.